The van der Waals surface area contributed by atoms with Gasteiger partial charge in [-0.3, -0.25) is 9.89 Å². The van der Waals surface area contributed by atoms with Crippen molar-refractivity contribution in [3.8, 4) is 11.5 Å². The third kappa shape index (κ3) is 2.91. The minimum absolute atomic E-state index is 0.165. The van der Waals surface area contributed by atoms with E-state index in [4.69, 9.17) is 4.42 Å². The lowest BCUT2D eigenvalue weighted by Gasteiger charge is -2.15. The van der Waals surface area contributed by atoms with E-state index >= 15 is 0 Å². The second-order valence-corrected chi connectivity index (χ2v) is 7.04. The summed E-state index contributed by atoms with van der Waals surface area (Å²) in [4.78, 5) is 14.8. The van der Waals surface area contributed by atoms with Crippen molar-refractivity contribution in [1.29, 1.82) is 0 Å². The van der Waals surface area contributed by atoms with E-state index in [1.807, 2.05) is 41.1 Å². The zero-order chi connectivity index (χ0) is 16.4. The largest absolute Gasteiger partial charge is 0.463 e. The first-order valence-corrected chi connectivity index (χ1v) is 9.04. The molecule has 0 unspecified atom stereocenters. The van der Waals surface area contributed by atoms with Crippen LogP contribution in [0.3, 0.4) is 0 Å². The molecular weight excluding hydrogens is 342 g/mol. The molecule has 4 aromatic heterocycles. The van der Waals surface area contributed by atoms with Crippen LogP contribution in [0.25, 0.3) is 11.5 Å². The predicted octanol–water partition coefficient (Wildman–Crippen LogP) is 4.31. The number of carbonyl (C=O) groups excluding carboxylic acids is 1. The van der Waals surface area contributed by atoms with Crippen LogP contribution in [-0.4, -0.2) is 16.1 Å². The molecule has 24 heavy (non-hydrogen) atoms. The maximum absolute atomic E-state index is 12.6. The standard InChI is InChI=1S/C17H13N3O2S2/c21-17(12-10-11(19-20-12)13-4-1-7-22-13)18-16(14-5-2-8-23-14)15-6-3-9-24-15/h1-10,16H,(H,18,21)(H,19,20). The molecule has 4 aromatic rings. The van der Waals surface area contributed by atoms with E-state index in [0.29, 0.717) is 17.1 Å². The molecule has 0 aliphatic rings. The fraction of sp³-hybridized carbons (Fsp3) is 0.0588. The molecule has 0 aliphatic heterocycles. The fourth-order valence-corrected chi connectivity index (χ4v) is 4.06. The molecule has 0 aromatic carbocycles. The second-order valence-electron chi connectivity index (χ2n) is 5.08. The Bertz CT molecular complexity index is 875. The molecule has 5 nitrogen and oxygen atoms in total. The number of H-pyrrole nitrogens is 1. The third-order valence-electron chi connectivity index (χ3n) is 3.53. The number of nitrogens with one attached hydrogen (secondary N) is 2. The van der Waals surface area contributed by atoms with Gasteiger partial charge >= 0.3 is 0 Å². The molecule has 4 heterocycles. The van der Waals surface area contributed by atoms with Crippen LogP contribution in [0.15, 0.2) is 63.9 Å². The molecule has 7 heteroatoms. The maximum Gasteiger partial charge on any atom is 0.272 e. The van der Waals surface area contributed by atoms with Gasteiger partial charge in [-0.25, -0.2) is 0 Å². The Morgan fingerprint density at radius 2 is 1.88 bits per heavy atom. The Hall–Kier alpha value is -2.64. The van der Waals surface area contributed by atoms with E-state index in [2.05, 4.69) is 15.5 Å². The number of furan rings is 1. The number of hydrogen-bond acceptors (Lipinski definition) is 5. The SMILES string of the molecule is O=C(NC(c1cccs1)c1cccs1)c1cc(-c2ccco2)[nH]n1. The average molecular weight is 355 g/mol. The summed E-state index contributed by atoms with van der Waals surface area (Å²) >= 11 is 3.24. The molecule has 0 atom stereocenters. The monoisotopic (exact) mass is 355 g/mol. The number of aromatic amines is 1. The molecule has 0 aliphatic carbocycles. The highest BCUT2D eigenvalue weighted by Crippen LogP contribution is 2.29. The summed E-state index contributed by atoms with van der Waals surface area (Å²) in [7, 11) is 0. The Morgan fingerprint density at radius 3 is 2.46 bits per heavy atom. The zero-order valence-electron chi connectivity index (χ0n) is 12.4. The highest BCUT2D eigenvalue weighted by Gasteiger charge is 2.21. The molecule has 0 radical (unpaired) electrons. The van der Waals surface area contributed by atoms with Crippen molar-refractivity contribution in [2.75, 3.05) is 0 Å². The minimum Gasteiger partial charge on any atom is -0.463 e. The van der Waals surface area contributed by atoms with Gasteiger partial charge in [0.25, 0.3) is 5.91 Å². The summed E-state index contributed by atoms with van der Waals surface area (Å²) in [5.41, 5.74) is 1.01. The van der Waals surface area contributed by atoms with Crippen molar-refractivity contribution < 1.29 is 9.21 Å². The van der Waals surface area contributed by atoms with E-state index < -0.39 is 0 Å². The molecule has 2 N–H and O–H groups in total. The Morgan fingerprint density at radius 1 is 1.12 bits per heavy atom. The van der Waals surface area contributed by atoms with Crippen LogP contribution in [0.5, 0.6) is 0 Å². The molecular formula is C17H13N3O2S2. The predicted molar refractivity (Wildman–Crippen MR) is 94.2 cm³/mol. The van der Waals surface area contributed by atoms with E-state index in [1.54, 1.807) is 41.1 Å². The summed E-state index contributed by atoms with van der Waals surface area (Å²) in [6, 6.07) is 13.1. The highest BCUT2D eigenvalue weighted by atomic mass is 32.1. The minimum atomic E-state index is -0.226. The second kappa shape index (κ2) is 6.46. The van der Waals surface area contributed by atoms with Crippen molar-refractivity contribution >= 4 is 28.6 Å². The first-order valence-electron chi connectivity index (χ1n) is 7.28. The van der Waals surface area contributed by atoms with Crippen molar-refractivity contribution in [3.05, 3.63) is 74.9 Å². The Balaban J connectivity index is 1.58. The molecule has 1 amide bonds. The normalized spacial score (nSPS) is 11.0. The average Bonchev–Trinajstić information content (AvgIpc) is 3.41. The number of nitrogens with zero attached hydrogens (tertiary/aromatic N) is 1. The Kier molecular flexibility index (Phi) is 4.02. The number of aromatic nitrogens is 2. The zero-order valence-corrected chi connectivity index (χ0v) is 14.1. The quantitative estimate of drug-likeness (QED) is 0.560. The van der Waals surface area contributed by atoms with Crippen LogP contribution in [0.2, 0.25) is 0 Å². The van der Waals surface area contributed by atoms with Crippen LogP contribution in [-0.2, 0) is 0 Å². The van der Waals surface area contributed by atoms with Crippen LogP contribution in [0.1, 0.15) is 26.3 Å². The number of thiophene rings is 2. The van der Waals surface area contributed by atoms with Crippen LogP contribution >= 0.6 is 22.7 Å². The molecule has 0 saturated carbocycles. The lowest BCUT2D eigenvalue weighted by Crippen LogP contribution is -2.28. The smallest absolute Gasteiger partial charge is 0.272 e. The van der Waals surface area contributed by atoms with E-state index in [0.717, 1.165) is 9.75 Å². The van der Waals surface area contributed by atoms with Crippen LogP contribution < -0.4 is 5.32 Å². The van der Waals surface area contributed by atoms with E-state index in [9.17, 15) is 4.79 Å². The van der Waals surface area contributed by atoms with Gasteiger partial charge in [0, 0.05) is 15.8 Å². The summed E-state index contributed by atoms with van der Waals surface area (Å²) in [5.74, 6) is 0.422. The van der Waals surface area contributed by atoms with E-state index in [-0.39, 0.29) is 11.9 Å². The van der Waals surface area contributed by atoms with Crippen molar-refractivity contribution in [2.24, 2.45) is 0 Å². The highest BCUT2D eigenvalue weighted by molar-refractivity contribution is 7.11. The van der Waals surface area contributed by atoms with Crippen molar-refractivity contribution in [3.63, 3.8) is 0 Å². The molecule has 120 valence electrons. The fourth-order valence-electron chi connectivity index (χ4n) is 2.39. The van der Waals surface area contributed by atoms with Crippen LogP contribution in [0, 0.1) is 0 Å². The number of rotatable bonds is 5. The summed E-state index contributed by atoms with van der Waals surface area (Å²) in [6.07, 6.45) is 1.58. The van der Waals surface area contributed by atoms with Crippen molar-refractivity contribution in [2.45, 2.75) is 6.04 Å². The molecule has 0 fully saturated rings. The van der Waals surface area contributed by atoms with Crippen LogP contribution in [0.4, 0.5) is 0 Å². The van der Waals surface area contributed by atoms with Gasteiger partial charge in [0.1, 0.15) is 5.69 Å². The molecule has 0 spiro atoms. The summed E-state index contributed by atoms with van der Waals surface area (Å²) in [5, 5.41) is 14.0. The van der Waals surface area contributed by atoms with Gasteiger partial charge < -0.3 is 9.73 Å². The lowest BCUT2D eigenvalue weighted by atomic mass is 10.2. The van der Waals surface area contributed by atoms with E-state index in [1.165, 1.54) is 0 Å². The molecule has 4 rings (SSSR count). The Labute approximate surface area is 146 Å². The summed E-state index contributed by atoms with van der Waals surface area (Å²) in [6.45, 7) is 0. The van der Waals surface area contributed by atoms with Gasteiger partial charge in [-0.05, 0) is 35.0 Å². The number of carbonyl (C=O) groups is 1. The van der Waals surface area contributed by atoms with Gasteiger partial charge in [-0.1, -0.05) is 12.1 Å². The molecule has 0 bridgehead atoms. The number of amides is 1. The first-order chi connectivity index (χ1) is 11.8. The van der Waals surface area contributed by atoms with Crippen molar-refractivity contribution in [1.82, 2.24) is 15.5 Å². The van der Waals surface area contributed by atoms with Gasteiger partial charge in [0.2, 0.25) is 0 Å². The van der Waals surface area contributed by atoms with Gasteiger partial charge in [0.05, 0.1) is 12.3 Å². The third-order valence-corrected chi connectivity index (χ3v) is 5.40. The van der Waals surface area contributed by atoms with Gasteiger partial charge in [-0.2, -0.15) is 5.10 Å². The summed E-state index contributed by atoms with van der Waals surface area (Å²) < 4.78 is 5.31. The van der Waals surface area contributed by atoms with Gasteiger partial charge in [0.15, 0.2) is 11.5 Å². The van der Waals surface area contributed by atoms with Gasteiger partial charge in [-0.15, -0.1) is 22.7 Å². The molecule has 0 saturated heterocycles. The lowest BCUT2D eigenvalue weighted by molar-refractivity contribution is 0.0939. The number of hydrogen-bond donors (Lipinski definition) is 2. The first kappa shape index (κ1) is 14.9. The topological polar surface area (TPSA) is 70.9 Å². The maximum atomic E-state index is 12.6.